The van der Waals surface area contributed by atoms with Crippen molar-refractivity contribution in [2.24, 2.45) is 0 Å². The van der Waals surface area contributed by atoms with Crippen LogP contribution in [0.15, 0.2) is 12.7 Å². The number of nitrogens with two attached hydrogens (primary N) is 1. The van der Waals surface area contributed by atoms with E-state index >= 15 is 0 Å². The van der Waals surface area contributed by atoms with Gasteiger partial charge in [-0.15, -0.1) is 0 Å². The Bertz CT molecular complexity index is 1180. The molecule has 0 bridgehead atoms. The van der Waals surface area contributed by atoms with Crippen LogP contribution in [-0.4, -0.2) is 99.4 Å². The summed E-state index contributed by atoms with van der Waals surface area (Å²) in [6.45, 7) is 2.04. The third kappa shape index (κ3) is 9.97. The summed E-state index contributed by atoms with van der Waals surface area (Å²) >= 11 is 0. The molecular weight excluding hydrogens is 592 g/mol. The molecular formula is C22H35FN5O13P. The number of hydrogen-bond acceptors (Lipinski definition) is 17. The molecule has 0 unspecified atom stereocenters. The number of carbonyl (C=O) groups excluding carboxylic acids is 2. The minimum atomic E-state index is -4.85. The number of nitrogen functional groups attached to an aromatic ring is 1. The van der Waals surface area contributed by atoms with Gasteiger partial charge < -0.3 is 39.6 Å². The SMILES string of the molecule is CC(C)OC(=O)OCOP(=O)(OCOC(=O)OC(C)C)OC[C@@](CF)(O[C@H](CO)n1cnc2c(N)ncnc21)[C@H](C)O. The number of aromatic nitrogens is 4. The Labute approximate surface area is 239 Å². The molecule has 0 amide bonds. The molecule has 0 spiro atoms. The fourth-order valence-electron chi connectivity index (χ4n) is 3.00. The molecule has 4 N–H and O–H groups in total. The number of phosphoric ester groups is 1. The number of carbonyl (C=O) groups is 2. The van der Waals surface area contributed by atoms with E-state index in [1.807, 2.05) is 0 Å². The van der Waals surface area contributed by atoms with Crippen LogP contribution < -0.4 is 5.73 Å². The van der Waals surface area contributed by atoms with Crippen molar-refractivity contribution in [2.75, 3.05) is 39.2 Å². The summed E-state index contributed by atoms with van der Waals surface area (Å²) in [4.78, 5) is 35.2. The van der Waals surface area contributed by atoms with Gasteiger partial charge in [-0.25, -0.2) is 42.5 Å². The molecule has 238 valence electrons. The summed E-state index contributed by atoms with van der Waals surface area (Å²) < 4.78 is 68.7. The van der Waals surface area contributed by atoms with Crippen LogP contribution in [0.2, 0.25) is 0 Å². The van der Waals surface area contributed by atoms with Crippen molar-refractivity contribution in [3.63, 3.8) is 0 Å². The fourth-order valence-corrected chi connectivity index (χ4v) is 3.96. The molecule has 0 aliphatic carbocycles. The average molecular weight is 628 g/mol. The first-order valence-electron chi connectivity index (χ1n) is 12.4. The maximum absolute atomic E-state index is 14.6. The topological polar surface area (TPSA) is 235 Å². The Balaban J connectivity index is 2.24. The van der Waals surface area contributed by atoms with Gasteiger partial charge in [0.1, 0.15) is 24.1 Å². The first-order chi connectivity index (χ1) is 19.8. The van der Waals surface area contributed by atoms with Gasteiger partial charge in [-0.3, -0.25) is 9.09 Å². The molecule has 0 aliphatic heterocycles. The molecule has 2 rings (SSSR count). The lowest BCUT2D eigenvalue weighted by Gasteiger charge is -2.37. The lowest BCUT2D eigenvalue weighted by molar-refractivity contribution is -0.206. The Morgan fingerprint density at radius 3 is 2.07 bits per heavy atom. The molecule has 0 aromatic carbocycles. The number of ether oxygens (including phenoxy) is 5. The van der Waals surface area contributed by atoms with E-state index in [0.717, 1.165) is 13.3 Å². The van der Waals surface area contributed by atoms with Gasteiger partial charge in [0.2, 0.25) is 13.6 Å². The molecule has 0 radical (unpaired) electrons. The van der Waals surface area contributed by atoms with Crippen molar-refractivity contribution in [1.29, 1.82) is 0 Å². The first-order valence-corrected chi connectivity index (χ1v) is 13.9. The van der Waals surface area contributed by atoms with Crippen LogP contribution in [0, 0.1) is 0 Å². The van der Waals surface area contributed by atoms with E-state index in [-0.39, 0.29) is 17.0 Å². The number of aliphatic hydroxyl groups is 2. The standard InChI is InChI=1S/C22H35FN5O13P/c1-13(2)39-20(31)34-11-37-42(33,38-12-35-21(32)40-14(3)4)36-8-22(7-23,15(5)30)41-16(6-29)28-10-27-17-18(24)25-9-26-19(17)28/h9-10,13-16,29-30H,6-8,11-12H2,1-5H3,(H2,24,25,26)/t15-,16+,22+/m0/s1. The molecule has 20 heteroatoms. The van der Waals surface area contributed by atoms with Crippen molar-refractivity contribution in [2.45, 2.75) is 64.8 Å². The minimum Gasteiger partial charge on any atom is -0.432 e. The maximum Gasteiger partial charge on any atom is 0.510 e. The van der Waals surface area contributed by atoms with Crippen LogP contribution in [0.25, 0.3) is 11.2 Å². The second-order valence-electron chi connectivity index (χ2n) is 9.05. The monoisotopic (exact) mass is 627 g/mol. The number of imidazole rings is 1. The van der Waals surface area contributed by atoms with E-state index in [0.29, 0.717) is 0 Å². The summed E-state index contributed by atoms with van der Waals surface area (Å²) in [6.07, 6.45) is -4.19. The summed E-state index contributed by atoms with van der Waals surface area (Å²) in [7, 11) is -4.85. The van der Waals surface area contributed by atoms with Crippen molar-refractivity contribution in [3.8, 4) is 0 Å². The number of aliphatic hydroxyl groups excluding tert-OH is 2. The zero-order valence-corrected chi connectivity index (χ0v) is 24.5. The second-order valence-corrected chi connectivity index (χ2v) is 10.7. The van der Waals surface area contributed by atoms with E-state index < -0.39 is 83.7 Å². The van der Waals surface area contributed by atoms with Crippen LogP contribution >= 0.6 is 7.82 Å². The van der Waals surface area contributed by atoms with Crippen LogP contribution in [-0.2, 0) is 41.8 Å². The highest BCUT2D eigenvalue weighted by Crippen LogP contribution is 2.50. The number of fused-ring (bicyclic) bond motifs is 1. The zero-order valence-electron chi connectivity index (χ0n) is 23.6. The number of rotatable bonds is 17. The van der Waals surface area contributed by atoms with Crippen LogP contribution in [0.1, 0.15) is 40.8 Å². The summed E-state index contributed by atoms with van der Waals surface area (Å²) in [5.74, 6) is 0.0280. The van der Waals surface area contributed by atoms with Gasteiger partial charge >= 0.3 is 20.1 Å². The Morgan fingerprint density at radius 2 is 1.60 bits per heavy atom. The normalized spacial score (nSPS) is 14.9. The lowest BCUT2D eigenvalue weighted by atomic mass is 10.0. The molecule has 2 aromatic rings. The fraction of sp³-hybridized carbons (Fsp3) is 0.682. The van der Waals surface area contributed by atoms with E-state index in [1.165, 1.54) is 10.9 Å². The molecule has 0 fully saturated rings. The smallest absolute Gasteiger partial charge is 0.432 e. The van der Waals surface area contributed by atoms with E-state index in [2.05, 4.69) is 24.4 Å². The number of halogens is 1. The lowest BCUT2D eigenvalue weighted by Crippen LogP contribution is -2.51. The van der Waals surface area contributed by atoms with Crippen LogP contribution in [0.3, 0.4) is 0 Å². The van der Waals surface area contributed by atoms with Gasteiger partial charge in [0.15, 0.2) is 17.7 Å². The van der Waals surface area contributed by atoms with Gasteiger partial charge in [0.05, 0.1) is 37.9 Å². The Hall–Kier alpha value is -3.19. The van der Waals surface area contributed by atoms with Crippen LogP contribution in [0.4, 0.5) is 19.8 Å². The van der Waals surface area contributed by atoms with E-state index in [9.17, 15) is 28.8 Å². The highest BCUT2D eigenvalue weighted by atomic mass is 31.2. The van der Waals surface area contributed by atoms with Crippen molar-refractivity contribution >= 4 is 37.1 Å². The first kappa shape index (κ1) is 35.0. The van der Waals surface area contributed by atoms with Gasteiger partial charge in [-0.1, -0.05) is 0 Å². The van der Waals surface area contributed by atoms with Crippen molar-refractivity contribution < 1.29 is 66.0 Å². The second kappa shape index (κ2) is 15.9. The summed E-state index contributed by atoms with van der Waals surface area (Å²) in [5.41, 5.74) is 3.76. The Kier molecular flexibility index (Phi) is 13.2. The predicted molar refractivity (Wildman–Crippen MR) is 138 cm³/mol. The number of hydrogen-bond donors (Lipinski definition) is 3. The van der Waals surface area contributed by atoms with Gasteiger partial charge in [-0.05, 0) is 34.6 Å². The highest BCUT2D eigenvalue weighted by molar-refractivity contribution is 7.48. The number of anilines is 1. The molecule has 0 aliphatic rings. The average Bonchev–Trinajstić information content (AvgIpc) is 3.33. The van der Waals surface area contributed by atoms with Gasteiger partial charge in [-0.2, -0.15) is 0 Å². The largest absolute Gasteiger partial charge is 0.510 e. The third-order valence-corrected chi connectivity index (χ3v) is 6.41. The number of nitrogens with zero attached hydrogens (tertiary/aromatic N) is 4. The zero-order chi connectivity index (χ0) is 31.5. The predicted octanol–water partition coefficient (Wildman–Crippen LogP) is 2.20. The van der Waals surface area contributed by atoms with Gasteiger partial charge in [0.25, 0.3) is 0 Å². The molecule has 2 aromatic heterocycles. The quantitative estimate of drug-likeness (QED) is 0.129. The third-order valence-electron chi connectivity index (χ3n) is 5.12. The molecule has 0 saturated carbocycles. The number of alkyl halides is 1. The highest BCUT2D eigenvalue weighted by Gasteiger charge is 2.44. The van der Waals surface area contributed by atoms with Gasteiger partial charge in [0, 0.05) is 0 Å². The molecule has 2 heterocycles. The minimum absolute atomic E-state index is 0.0280. The Morgan fingerprint density at radius 1 is 1.02 bits per heavy atom. The molecule has 42 heavy (non-hydrogen) atoms. The molecule has 18 nitrogen and oxygen atoms in total. The maximum atomic E-state index is 14.6. The number of phosphoric acid groups is 1. The summed E-state index contributed by atoms with van der Waals surface area (Å²) in [6, 6.07) is 0. The van der Waals surface area contributed by atoms with E-state index in [1.54, 1.807) is 27.7 Å². The van der Waals surface area contributed by atoms with Crippen molar-refractivity contribution in [1.82, 2.24) is 19.5 Å². The molecule has 3 atom stereocenters. The summed E-state index contributed by atoms with van der Waals surface area (Å²) in [5, 5.41) is 20.5. The van der Waals surface area contributed by atoms with Crippen LogP contribution in [0.5, 0.6) is 0 Å². The molecule has 0 saturated heterocycles. The van der Waals surface area contributed by atoms with Crippen molar-refractivity contribution in [3.05, 3.63) is 12.7 Å². The van der Waals surface area contributed by atoms with E-state index in [4.69, 9.17) is 33.5 Å².